The summed E-state index contributed by atoms with van der Waals surface area (Å²) in [6.45, 7) is 8.26. The van der Waals surface area contributed by atoms with Crippen LogP contribution < -0.4 is 0 Å². The fraction of sp³-hybridized carbons (Fsp3) is 0.727. The molecule has 0 bridgehead atoms. The zero-order valence-electron chi connectivity index (χ0n) is 9.58. The Morgan fingerprint density at radius 1 is 1.43 bits per heavy atom. The lowest BCUT2D eigenvalue weighted by Gasteiger charge is -2.16. The van der Waals surface area contributed by atoms with Gasteiger partial charge in [0.15, 0.2) is 0 Å². The molecule has 0 aliphatic carbocycles. The first kappa shape index (κ1) is 11.2. The number of rotatable bonds is 4. The van der Waals surface area contributed by atoms with Gasteiger partial charge in [0, 0.05) is 13.3 Å². The minimum atomic E-state index is 0.328. The van der Waals surface area contributed by atoms with Gasteiger partial charge in [0.25, 0.3) is 0 Å². The Labute approximate surface area is 86.1 Å². The molecule has 1 aromatic rings. The summed E-state index contributed by atoms with van der Waals surface area (Å²) in [5.74, 6) is 0. The third kappa shape index (κ3) is 3.92. The molecule has 0 radical (unpaired) electrons. The van der Waals surface area contributed by atoms with E-state index >= 15 is 0 Å². The molecule has 3 nitrogen and oxygen atoms in total. The summed E-state index contributed by atoms with van der Waals surface area (Å²) in [7, 11) is 1.71. The maximum absolute atomic E-state index is 5.00. The van der Waals surface area contributed by atoms with Crippen LogP contribution in [0.2, 0.25) is 0 Å². The lowest BCUT2D eigenvalue weighted by molar-refractivity contribution is 0.183. The molecule has 0 fully saturated rings. The standard InChI is InChI=1S/C11H20N2O/c1-11(2,3)7-10-8-12-13(9-10)5-6-14-4/h8-9H,5-7H2,1-4H3. The number of nitrogens with zero attached hydrogens (tertiary/aromatic N) is 2. The second-order valence-electron chi connectivity index (χ2n) is 4.84. The van der Waals surface area contributed by atoms with Crippen LogP contribution in [0.1, 0.15) is 26.3 Å². The molecule has 0 saturated heterocycles. The second-order valence-corrected chi connectivity index (χ2v) is 4.84. The van der Waals surface area contributed by atoms with Gasteiger partial charge in [-0.15, -0.1) is 0 Å². The Morgan fingerprint density at radius 2 is 2.14 bits per heavy atom. The molecule has 0 N–H and O–H groups in total. The molecular formula is C11H20N2O. The minimum Gasteiger partial charge on any atom is -0.383 e. The summed E-state index contributed by atoms with van der Waals surface area (Å²) < 4.78 is 6.93. The summed E-state index contributed by atoms with van der Waals surface area (Å²) in [5.41, 5.74) is 1.63. The molecule has 0 atom stereocenters. The molecule has 3 heteroatoms. The SMILES string of the molecule is COCCn1cc(CC(C)(C)C)cn1. The zero-order chi connectivity index (χ0) is 10.6. The van der Waals surface area contributed by atoms with Crippen molar-refractivity contribution in [2.24, 2.45) is 5.41 Å². The van der Waals surface area contributed by atoms with Crippen molar-refractivity contribution in [1.29, 1.82) is 0 Å². The van der Waals surface area contributed by atoms with Gasteiger partial charge >= 0.3 is 0 Å². The average molecular weight is 196 g/mol. The topological polar surface area (TPSA) is 27.1 Å². The molecule has 1 heterocycles. The van der Waals surface area contributed by atoms with E-state index in [0.717, 1.165) is 19.6 Å². The number of methoxy groups -OCH3 is 1. The van der Waals surface area contributed by atoms with Crippen LogP contribution in [0.25, 0.3) is 0 Å². The van der Waals surface area contributed by atoms with Crippen LogP contribution in [0, 0.1) is 5.41 Å². The van der Waals surface area contributed by atoms with Gasteiger partial charge in [0.1, 0.15) is 0 Å². The lowest BCUT2D eigenvalue weighted by Crippen LogP contribution is -2.08. The van der Waals surface area contributed by atoms with Gasteiger partial charge in [-0.1, -0.05) is 20.8 Å². The van der Waals surface area contributed by atoms with Crippen molar-refractivity contribution in [3.8, 4) is 0 Å². The Morgan fingerprint density at radius 3 is 2.71 bits per heavy atom. The largest absolute Gasteiger partial charge is 0.383 e. The van der Waals surface area contributed by atoms with E-state index in [2.05, 4.69) is 32.1 Å². The average Bonchev–Trinajstić information content (AvgIpc) is 2.46. The molecule has 0 spiro atoms. The van der Waals surface area contributed by atoms with E-state index in [-0.39, 0.29) is 0 Å². The van der Waals surface area contributed by atoms with Crippen molar-refractivity contribution < 1.29 is 4.74 Å². The van der Waals surface area contributed by atoms with E-state index in [9.17, 15) is 0 Å². The van der Waals surface area contributed by atoms with Crippen molar-refractivity contribution in [2.75, 3.05) is 13.7 Å². The van der Waals surface area contributed by atoms with Crippen molar-refractivity contribution in [3.05, 3.63) is 18.0 Å². The predicted molar refractivity (Wildman–Crippen MR) is 57.3 cm³/mol. The van der Waals surface area contributed by atoms with E-state index in [0.29, 0.717) is 5.41 Å². The van der Waals surface area contributed by atoms with Gasteiger partial charge in [0.2, 0.25) is 0 Å². The van der Waals surface area contributed by atoms with Gasteiger partial charge in [-0.25, -0.2) is 0 Å². The molecule has 80 valence electrons. The lowest BCUT2D eigenvalue weighted by atomic mass is 9.89. The first-order valence-electron chi connectivity index (χ1n) is 5.01. The van der Waals surface area contributed by atoms with E-state index in [4.69, 9.17) is 4.74 Å². The molecule has 0 unspecified atom stereocenters. The molecule has 0 aliphatic rings. The summed E-state index contributed by atoms with van der Waals surface area (Å²) in [6.07, 6.45) is 5.12. The van der Waals surface area contributed by atoms with Crippen LogP contribution in [-0.4, -0.2) is 23.5 Å². The second kappa shape index (κ2) is 4.60. The Balaban J connectivity index is 2.51. The summed E-state index contributed by atoms with van der Waals surface area (Å²) in [5, 5.41) is 4.27. The third-order valence-electron chi connectivity index (χ3n) is 1.95. The highest BCUT2D eigenvalue weighted by atomic mass is 16.5. The van der Waals surface area contributed by atoms with Gasteiger partial charge in [-0.2, -0.15) is 5.10 Å². The fourth-order valence-electron chi connectivity index (χ4n) is 1.42. The first-order valence-corrected chi connectivity index (χ1v) is 5.01. The van der Waals surface area contributed by atoms with Crippen molar-refractivity contribution in [2.45, 2.75) is 33.7 Å². The van der Waals surface area contributed by atoms with Crippen molar-refractivity contribution >= 4 is 0 Å². The Bertz CT molecular complexity index is 273. The van der Waals surface area contributed by atoms with Crippen LogP contribution in [0.3, 0.4) is 0 Å². The zero-order valence-corrected chi connectivity index (χ0v) is 9.58. The minimum absolute atomic E-state index is 0.328. The summed E-state index contributed by atoms with van der Waals surface area (Å²) in [6, 6.07) is 0. The van der Waals surface area contributed by atoms with Crippen LogP contribution >= 0.6 is 0 Å². The fourth-order valence-corrected chi connectivity index (χ4v) is 1.42. The van der Waals surface area contributed by atoms with Crippen molar-refractivity contribution in [3.63, 3.8) is 0 Å². The summed E-state index contributed by atoms with van der Waals surface area (Å²) in [4.78, 5) is 0. The summed E-state index contributed by atoms with van der Waals surface area (Å²) >= 11 is 0. The predicted octanol–water partition coefficient (Wildman–Crippen LogP) is 2.12. The molecule has 14 heavy (non-hydrogen) atoms. The highest BCUT2D eigenvalue weighted by molar-refractivity contribution is 5.06. The number of hydrogen-bond donors (Lipinski definition) is 0. The number of hydrogen-bond acceptors (Lipinski definition) is 2. The van der Waals surface area contributed by atoms with Crippen LogP contribution in [0.5, 0.6) is 0 Å². The molecule has 0 saturated carbocycles. The third-order valence-corrected chi connectivity index (χ3v) is 1.95. The van der Waals surface area contributed by atoms with Crippen molar-refractivity contribution in [1.82, 2.24) is 9.78 Å². The van der Waals surface area contributed by atoms with Crippen LogP contribution in [-0.2, 0) is 17.7 Å². The molecular weight excluding hydrogens is 176 g/mol. The van der Waals surface area contributed by atoms with Gasteiger partial charge in [-0.05, 0) is 17.4 Å². The van der Waals surface area contributed by atoms with E-state index in [1.54, 1.807) is 7.11 Å². The maximum Gasteiger partial charge on any atom is 0.0658 e. The van der Waals surface area contributed by atoms with Gasteiger partial charge < -0.3 is 4.74 Å². The highest BCUT2D eigenvalue weighted by Crippen LogP contribution is 2.19. The van der Waals surface area contributed by atoms with Crippen LogP contribution in [0.15, 0.2) is 12.4 Å². The Hall–Kier alpha value is -0.830. The molecule has 1 aromatic heterocycles. The number of ether oxygens (including phenoxy) is 1. The quantitative estimate of drug-likeness (QED) is 0.737. The smallest absolute Gasteiger partial charge is 0.0658 e. The number of aromatic nitrogens is 2. The first-order chi connectivity index (χ1) is 6.51. The maximum atomic E-state index is 5.00. The highest BCUT2D eigenvalue weighted by Gasteiger charge is 2.12. The Kier molecular flexibility index (Phi) is 3.69. The van der Waals surface area contributed by atoms with E-state index in [1.165, 1.54) is 5.56 Å². The monoisotopic (exact) mass is 196 g/mol. The van der Waals surface area contributed by atoms with Gasteiger partial charge in [0.05, 0.1) is 19.3 Å². The van der Waals surface area contributed by atoms with E-state index in [1.807, 2.05) is 10.9 Å². The normalized spacial score (nSPS) is 12.0. The van der Waals surface area contributed by atoms with Gasteiger partial charge in [-0.3, -0.25) is 4.68 Å². The molecule has 0 amide bonds. The molecule has 0 aliphatic heterocycles. The molecule has 0 aromatic carbocycles. The van der Waals surface area contributed by atoms with Crippen LogP contribution in [0.4, 0.5) is 0 Å². The van der Waals surface area contributed by atoms with E-state index < -0.39 is 0 Å². The molecule has 1 rings (SSSR count).